The fraction of sp³-hybridized carbons (Fsp3) is 0.207. The zero-order chi connectivity index (χ0) is 24.6. The van der Waals surface area contributed by atoms with Gasteiger partial charge in [-0.25, -0.2) is 0 Å². The number of H-pyrrole nitrogens is 1. The molecule has 2 N–H and O–H groups in total. The molecule has 3 aromatic carbocycles. The second kappa shape index (κ2) is 9.00. The molecule has 180 valence electrons. The highest BCUT2D eigenvalue weighted by molar-refractivity contribution is 6.16. The van der Waals surface area contributed by atoms with Crippen molar-refractivity contribution in [3.63, 3.8) is 0 Å². The summed E-state index contributed by atoms with van der Waals surface area (Å²) in [5, 5.41) is 4.17. The van der Waals surface area contributed by atoms with Crippen molar-refractivity contribution in [3.8, 4) is 0 Å². The molecule has 0 fully saturated rings. The number of hydrogen-bond donors (Lipinski definition) is 2. The molecule has 0 unspecified atom stereocenters. The second-order valence-electron chi connectivity index (χ2n) is 9.21. The van der Waals surface area contributed by atoms with Gasteiger partial charge in [-0.05, 0) is 42.7 Å². The molecule has 2 aliphatic heterocycles. The molecule has 0 aliphatic carbocycles. The molecule has 6 rings (SSSR count). The first-order valence-corrected chi connectivity index (χ1v) is 12.3. The Labute approximate surface area is 208 Å². The van der Waals surface area contributed by atoms with Crippen molar-refractivity contribution in [2.45, 2.75) is 25.4 Å². The van der Waals surface area contributed by atoms with Crippen LogP contribution in [0.1, 0.15) is 50.9 Å². The van der Waals surface area contributed by atoms with E-state index in [2.05, 4.69) is 16.4 Å². The maximum atomic E-state index is 13.4. The van der Waals surface area contributed by atoms with Gasteiger partial charge in [0.2, 0.25) is 5.91 Å². The quantitative estimate of drug-likeness (QED) is 0.412. The number of hydrogen-bond acceptors (Lipinski definition) is 3. The molecule has 1 atom stereocenters. The number of aromatic nitrogens is 1. The van der Waals surface area contributed by atoms with E-state index in [9.17, 15) is 14.4 Å². The lowest BCUT2D eigenvalue weighted by atomic mass is 10.0. The fourth-order valence-electron chi connectivity index (χ4n) is 5.37. The van der Waals surface area contributed by atoms with Crippen molar-refractivity contribution in [3.05, 3.63) is 101 Å². The van der Waals surface area contributed by atoms with E-state index in [-0.39, 0.29) is 17.7 Å². The van der Waals surface area contributed by atoms with Gasteiger partial charge in [-0.1, -0.05) is 48.5 Å². The van der Waals surface area contributed by atoms with Gasteiger partial charge in [-0.3, -0.25) is 19.3 Å². The van der Waals surface area contributed by atoms with E-state index in [1.54, 1.807) is 15.9 Å². The number of fused-ring (bicyclic) bond motifs is 6. The highest BCUT2D eigenvalue weighted by atomic mass is 16.2. The van der Waals surface area contributed by atoms with Crippen LogP contribution in [0.25, 0.3) is 10.9 Å². The van der Waals surface area contributed by atoms with Crippen molar-refractivity contribution in [2.75, 3.05) is 18.0 Å². The molecule has 0 spiro atoms. The Hall–Kier alpha value is -4.39. The van der Waals surface area contributed by atoms with Crippen LogP contribution in [0, 0.1) is 0 Å². The Morgan fingerprint density at radius 1 is 0.889 bits per heavy atom. The summed E-state index contributed by atoms with van der Waals surface area (Å²) in [4.78, 5) is 45.9. The van der Waals surface area contributed by atoms with Gasteiger partial charge in [0, 0.05) is 47.7 Å². The first-order chi connectivity index (χ1) is 17.6. The van der Waals surface area contributed by atoms with Gasteiger partial charge in [0.25, 0.3) is 11.8 Å². The molecule has 36 heavy (non-hydrogen) atoms. The SMILES string of the molecule is O=C(CCCN1C(=O)c2ccccc2N2C(=O)c3ccccc3[C@H]12)NCCc1c[nH]c2ccccc12. The van der Waals surface area contributed by atoms with E-state index in [0.29, 0.717) is 42.7 Å². The molecular weight excluding hydrogens is 452 g/mol. The monoisotopic (exact) mass is 478 g/mol. The maximum Gasteiger partial charge on any atom is 0.260 e. The Morgan fingerprint density at radius 3 is 2.53 bits per heavy atom. The number of rotatable bonds is 7. The maximum absolute atomic E-state index is 13.4. The third kappa shape index (κ3) is 3.64. The topological polar surface area (TPSA) is 85.5 Å². The van der Waals surface area contributed by atoms with Crippen molar-refractivity contribution < 1.29 is 14.4 Å². The van der Waals surface area contributed by atoms with Gasteiger partial charge in [0.15, 0.2) is 0 Å². The van der Waals surface area contributed by atoms with Crippen molar-refractivity contribution in [2.24, 2.45) is 0 Å². The van der Waals surface area contributed by atoms with Crippen molar-refractivity contribution in [1.29, 1.82) is 0 Å². The van der Waals surface area contributed by atoms with Crippen LogP contribution in [0.3, 0.4) is 0 Å². The highest BCUT2D eigenvalue weighted by Crippen LogP contribution is 2.45. The second-order valence-corrected chi connectivity index (χ2v) is 9.21. The standard InChI is InChI=1S/C29H26N4O3/c34-26(30-16-15-19-18-31-24-12-5-3-8-20(19)24)14-7-17-32-27-21-9-1-2-10-22(21)29(36)33(27)25-13-6-4-11-23(25)28(32)35/h1-6,8-13,18,27,31H,7,14-17H2,(H,30,34)/t27-/m1/s1. The summed E-state index contributed by atoms with van der Waals surface area (Å²) < 4.78 is 0. The normalized spacial score (nSPS) is 16.2. The average Bonchev–Trinajstić information content (AvgIpc) is 3.45. The number of carbonyl (C=O) groups excluding carboxylic acids is 3. The van der Waals surface area contributed by atoms with Crippen LogP contribution in [0.4, 0.5) is 5.69 Å². The zero-order valence-electron chi connectivity index (χ0n) is 19.7. The van der Waals surface area contributed by atoms with Gasteiger partial charge in [-0.15, -0.1) is 0 Å². The number of carbonyl (C=O) groups is 3. The molecule has 4 aromatic rings. The molecule has 0 radical (unpaired) electrons. The van der Waals surface area contributed by atoms with Crippen LogP contribution >= 0.6 is 0 Å². The zero-order valence-corrected chi connectivity index (χ0v) is 19.7. The van der Waals surface area contributed by atoms with Gasteiger partial charge >= 0.3 is 0 Å². The smallest absolute Gasteiger partial charge is 0.260 e. The van der Waals surface area contributed by atoms with Gasteiger partial charge in [0.05, 0.1) is 11.3 Å². The van der Waals surface area contributed by atoms with Crippen molar-refractivity contribution in [1.82, 2.24) is 15.2 Å². The molecule has 1 aromatic heterocycles. The third-order valence-corrected chi connectivity index (χ3v) is 7.08. The molecule has 0 saturated heterocycles. The van der Waals surface area contributed by atoms with E-state index < -0.39 is 6.17 Å². The number of aromatic amines is 1. The largest absolute Gasteiger partial charge is 0.361 e. The summed E-state index contributed by atoms with van der Waals surface area (Å²) >= 11 is 0. The number of nitrogens with one attached hydrogen (secondary N) is 2. The molecule has 7 heteroatoms. The lowest BCUT2D eigenvalue weighted by molar-refractivity contribution is -0.121. The molecule has 3 heterocycles. The lowest BCUT2D eigenvalue weighted by Gasteiger charge is -2.41. The molecule has 7 nitrogen and oxygen atoms in total. The number of para-hydroxylation sites is 2. The molecule has 2 aliphatic rings. The van der Waals surface area contributed by atoms with E-state index in [1.807, 2.05) is 66.9 Å². The predicted octanol–water partition coefficient (Wildman–Crippen LogP) is 4.42. The first kappa shape index (κ1) is 22.1. The highest BCUT2D eigenvalue weighted by Gasteiger charge is 2.47. The molecule has 0 bridgehead atoms. The molecular formula is C29H26N4O3. The van der Waals surface area contributed by atoms with Crippen LogP contribution < -0.4 is 10.2 Å². The first-order valence-electron chi connectivity index (χ1n) is 12.3. The van der Waals surface area contributed by atoms with Crippen LogP contribution in [0.2, 0.25) is 0 Å². The Bertz CT molecular complexity index is 1490. The fourth-order valence-corrected chi connectivity index (χ4v) is 5.37. The van der Waals surface area contributed by atoms with E-state index in [1.165, 1.54) is 10.9 Å². The Kier molecular flexibility index (Phi) is 5.52. The van der Waals surface area contributed by atoms with Gasteiger partial charge < -0.3 is 15.2 Å². The minimum absolute atomic E-state index is 0.0422. The minimum atomic E-state index is -0.485. The summed E-state index contributed by atoms with van der Waals surface area (Å²) in [5.74, 6) is -0.258. The van der Waals surface area contributed by atoms with Crippen LogP contribution in [0.5, 0.6) is 0 Å². The molecule has 3 amide bonds. The summed E-state index contributed by atoms with van der Waals surface area (Å²) in [6, 6.07) is 22.8. The number of anilines is 1. The van der Waals surface area contributed by atoms with E-state index >= 15 is 0 Å². The predicted molar refractivity (Wildman–Crippen MR) is 138 cm³/mol. The number of benzene rings is 3. The number of amides is 3. The Balaban J connectivity index is 1.12. The third-order valence-electron chi connectivity index (χ3n) is 7.08. The summed E-state index contributed by atoms with van der Waals surface area (Å²) in [6.45, 7) is 0.931. The van der Waals surface area contributed by atoms with Crippen LogP contribution in [-0.4, -0.2) is 40.7 Å². The van der Waals surface area contributed by atoms with Crippen LogP contribution in [0.15, 0.2) is 79.0 Å². The summed E-state index contributed by atoms with van der Waals surface area (Å²) in [7, 11) is 0. The lowest BCUT2D eigenvalue weighted by Crippen LogP contribution is -2.48. The van der Waals surface area contributed by atoms with Crippen molar-refractivity contribution >= 4 is 34.3 Å². The van der Waals surface area contributed by atoms with Crippen LogP contribution in [-0.2, 0) is 11.2 Å². The minimum Gasteiger partial charge on any atom is -0.361 e. The average molecular weight is 479 g/mol. The van der Waals surface area contributed by atoms with Gasteiger partial charge in [0.1, 0.15) is 6.17 Å². The summed E-state index contributed by atoms with van der Waals surface area (Å²) in [6.07, 6.45) is 3.06. The van der Waals surface area contributed by atoms with E-state index in [4.69, 9.17) is 0 Å². The number of nitrogens with zero attached hydrogens (tertiary/aromatic N) is 2. The molecule has 0 saturated carbocycles. The van der Waals surface area contributed by atoms with Gasteiger partial charge in [-0.2, -0.15) is 0 Å². The summed E-state index contributed by atoms with van der Waals surface area (Å²) in [5.41, 5.74) is 4.86. The Morgan fingerprint density at radius 2 is 1.64 bits per heavy atom. The van der Waals surface area contributed by atoms with E-state index in [0.717, 1.165) is 17.5 Å².